The molecule has 0 aliphatic heterocycles. The number of carbonyl (C=O) groups excluding carboxylic acids is 7. The molecule has 14 N–H and O–H groups in total. The van der Waals surface area contributed by atoms with Crippen LogP contribution in [0.2, 0.25) is 0 Å². The van der Waals surface area contributed by atoms with E-state index in [9.17, 15) is 58.8 Å². The lowest BCUT2D eigenvalue weighted by molar-refractivity contribution is -0.146. The molecule has 10 atom stereocenters. The molecule has 0 spiro atoms. The Morgan fingerprint density at radius 3 is 1.68 bits per heavy atom. The number of imidazole rings is 1. The number of carbonyl (C=O) groups is 8. The minimum Gasteiger partial charge on any atom is -0.480 e. The molecule has 1 rings (SSSR count). The lowest BCUT2D eigenvalue weighted by Crippen LogP contribution is -2.63. The van der Waals surface area contributed by atoms with Crippen molar-refractivity contribution in [1.29, 1.82) is 0 Å². The number of nitrogens with zero attached hydrogens (tertiary/aromatic N) is 1. The normalized spacial score (nSPS) is 16.4. The fourth-order valence-electron chi connectivity index (χ4n) is 5.49. The van der Waals surface area contributed by atoms with Crippen LogP contribution in [0.3, 0.4) is 0 Å². The highest BCUT2D eigenvalue weighted by Crippen LogP contribution is 2.10. The Morgan fingerprint density at radius 1 is 0.717 bits per heavy atom. The van der Waals surface area contributed by atoms with Crippen LogP contribution in [0, 0.1) is 11.8 Å². The maximum absolute atomic E-state index is 13.5. The fraction of sp³-hybridized carbons (Fsp3) is 0.694. The molecular formula is C36H62N10O12S2. The van der Waals surface area contributed by atoms with Crippen molar-refractivity contribution in [1.82, 2.24) is 47.2 Å². The van der Waals surface area contributed by atoms with E-state index in [4.69, 9.17) is 5.73 Å². The van der Waals surface area contributed by atoms with Crippen LogP contribution in [0.1, 0.15) is 60.1 Å². The molecule has 340 valence electrons. The Morgan fingerprint density at radius 2 is 1.20 bits per heavy atom. The second kappa shape index (κ2) is 26.7. The third kappa shape index (κ3) is 18.0. The van der Waals surface area contributed by atoms with Crippen LogP contribution >= 0.6 is 24.4 Å². The number of carboxylic acids is 1. The van der Waals surface area contributed by atoms with Crippen molar-refractivity contribution in [2.75, 3.05) is 24.4 Å². The average Bonchev–Trinajstić information content (AvgIpc) is 3.69. The topological polar surface area (TPSA) is 356 Å². The number of thioether (sulfide) groups is 1. The number of aliphatic carboxylic acids is 1. The number of hydrogen-bond acceptors (Lipinski definition) is 15. The first-order valence-electron chi connectivity index (χ1n) is 19.2. The summed E-state index contributed by atoms with van der Waals surface area (Å²) >= 11 is 5.56. The number of H-pyrrole nitrogens is 1. The number of amides is 7. The van der Waals surface area contributed by atoms with Crippen LogP contribution in [0.4, 0.5) is 0 Å². The van der Waals surface area contributed by atoms with Gasteiger partial charge in [0, 0.05) is 24.1 Å². The van der Waals surface area contributed by atoms with Gasteiger partial charge in [0.25, 0.3) is 0 Å². The number of aromatic amines is 1. The molecule has 0 bridgehead atoms. The number of thiol groups is 1. The maximum Gasteiger partial charge on any atom is 0.328 e. The fourth-order valence-corrected chi connectivity index (χ4v) is 6.21. The predicted octanol–water partition coefficient (Wildman–Crippen LogP) is -4.10. The number of aliphatic hydroxyl groups is 3. The van der Waals surface area contributed by atoms with Crippen LogP contribution in [0.15, 0.2) is 12.5 Å². The zero-order chi connectivity index (χ0) is 45.9. The van der Waals surface area contributed by atoms with Crippen LogP contribution < -0.4 is 43.0 Å². The molecule has 1 aromatic rings. The molecule has 0 aliphatic rings. The van der Waals surface area contributed by atoms with Gasteiger partial charge in [-0.3, -0.25) is 33.6 Å². The second-order valence-electron chi connectivity index (χ2n) is 14.9. The molecule has 1 aromatic heterocycles. The van der Waals surface area contributed by atoms with Crippen molar-refractivity contribution in [3.8, 4) is 0 Å². The number of hydrogen-bond donors (Lipinski definition) is 14. The molecule has 60 heavy (non-hydrogen) atoms. The van der Waals surface area contributed by atoms with Crippen molar-refractivity contribution in [3.63, 3.8) is 0 Å². The summed E-state index contributed by atoms with van der Waals surface area (Å²) in [6.45, 7) is 8.04. The zero-order valence-electron chi connectivity index (χ0n) is 34.8. The number of carboxylic acid groups (broad SMARTS) is 1. The van der Waals surface area contributed by atoms with E-state index in [1.165, 1.54) is 38.1 Å². The van der Waals surface area contributed by atoms with E-state index < -0.39 is 120 Å². The van der Waals surface area contributed by atoms with Crippen molar-refractivity contribution < 1.29 is 58.8 Å². The third-order valence-electron chi connectivity index (χ3n) is 8.90. The van der Waals surface area contributed by atoms with E-state index in [0.717, 1.165) is 13.8 Å². The van der Waals surface area contributed by atoms with E-state index in [0.29, 0.717) is 11.4 Å². The number of rotatable bonds is 27. The molecule has 7 amide bonds. The van der Waals surface area contributed by atoms with E-state index >= 15 is 0 Å². The number of nitrogens with two attached hydrogens (primary N) is 1. The molecule has 0 aliphatic carbocycles. The number of nitrogens with one attached hydrogen (secondary N) is 8. The molecular weight excluding hydrogens is 829 g/mol. The van der Waals surface area contributed by atoms with Crippen molar-refractivity contribution in [3.05, 3.63) is 18.2 Å². The maximum atomic E-state index is 13.5. The molecule has 0 unspecified atom stereocenters. The van der Waals surface area contributed by atoms with Crippen LogP contribution in [0.25, 0.3) is 0 Å². The molecule has 0 saturated heterocycles. The highest BCUT2D eigenvalue weighted by molar-refractivity contribution is 7.98. The number of aromatic nitrogens is 2. The standard InChI is InChI=1S/C36H62N10O12S2/c1-16(2)10-23(41-29(50)21(37)11-20-12-38-15-39-20)31(52)43-25(14-59)33(54)40-22(8-9-60-7)30(51)42-24(13-47)32(53)44-26(17(3)4)34(55)45-27(18(5)48)35(56)46-28(19(6)49)36(57)58/h12,15-19,21-28,47-49,59H,8-11,13-14,37H2,1-7H3,(H,38,39)(H,40,54)(H,41,50)(H,42,51)(H,43,52)(H,44,53)(H,45,55)(H,46,56)(H,57,58)/t18-,19-,21+,22+,23+,24+,25+,26+,27+,28+/m1/s1. The summed E-state index contributed by atoms with van der Waals surface area (Å²) in [5.41, 5.74) is 6.67. The van der Waals surface area contributed by atoms with Gasteiger partial charge in [0.05, 0.1) is 31.2 Å². The van der Waals surface area contributed by atoms with Gasteiger partial charge in [-0.25, -0.2) is 9.78 Å². The minimum absolute atomic E-state index is 0.0453. The average molecular weight is 891 g/mol. The summed E-state index contributed by atoms with van der Waals surface area (Å²) < 4.78 is 0. The molecule has 0 saturated carbocycles. The lowest BCUT2D eigenvalue weighted by Gasteiger charge is -2.29. The Balaban J connectivity index is 3.10. The quantitative estimate of drug-likeness (QED) is 0.0374. The summed E-state index contributed by atoms with van der Waals surface area (Å²) in [5.74, 6) is -8.32. The monoisotopic (exact) mass is 890 g/mol. The molecule has 1 heterocycles. The molecule has 0 radical (unpaired) electrons. The van der Waals surface area contributed by atoms with E-state index in [-0.39, 0.29) is 30.9 Å². The summed E-state index contributed by atoms with van der Waals surface area (Å²) in [6, 6.07) is -11.2. The van der Waals surface area contributed by atoms with Crippen LogP contribution in [-0.4, -0.2) is 163 Å². The Kier molecular flexibility index (Phi) is 23.8. The van der Waals surface area contributed by atoms with Gasteiger partial charge in [0.15, 0.2) is 6.04 Å². The SMILES string of the molecule is CSCC[C@H](NC(=O)[C@H](CS)NC(=O)[C@H](CC(C)C)NC(=O)[C@@H](N)Cc1cnc[nH]1)C(=O)N[C@@H](CO)C(=O)N[C@H](C(=O)N[C@H](C(=O)N[C@H](C(=O)O)[C@@H](C)O)[C@@H](C)O)C(C)C. The van der Waals surface area contributed by atoms with E-state index in [2.05, 4.69) is 54.5 Å². The van der Waals surface area contributed by atoms with Gasteiger partial charge in [0.2, 0.25) is 41.4 Å². The van der Waals surface area contributed by atoms with Gasteiger partial charge in [-0.1, -0.05) is 27.7 Å². The lowest BCUT2D eigenvalue weighted by atomic mass is 10.0. The third-order valence-corrected chi connectivity index (χ3v) is 9.91. The molecule has 0 aromatic carbocycles. The van der Waals surface area contributed by atoms with Gasteiger partial charge in [0.1, 0.15) is 36.3 Å². The Hall–Kier alpha value is -4.49. The largest absolute Gasteiger partial charge is 0.480 e. The summed E-state index contributed by atoms with van der Waals surface area (Å²) in [5, 5.41) is 56.2. The first-order chi connectivity index (χ1) is 28.1. The molecule has 22 nitrogen and oxygen atoms in total. The summed E-state index contributed by atoms with van der Waals surface area (Å²) in [4.78, 5) is 111. The van der Waals surface area contributed by atoms with E-state index in [1.807, 2.05) is 19.2 Å². The van der Waals surface area contributed by atoms with Crippen molar-refractivity contribution in [2.24, 2.45) is 17.6 Å². The van der Waals surface area contributed by atoms with Crippen molar-refractivity contribution in [2.45, 2.75) is 121 Å². The number of aliphatic hydroxyl groups excluding tert-OH is 3. The second-order valence-corrected chi connectivity index (χ2v) is 16.3. The molecule has 0 fully saturated rings. The Bertz CT molecular complexity index is 1580. The van der Waals surface area contributed by atoms with E-state index in [1.54, 1.807) is 6.26 Å². The van der Waals surface area contributed by atoms with Crippen molar-refractivity contribution >= 4 is 71.7 Å². The highest BCUT2D eigenvalue weighted by atomic mass is 32.2. The van der Waals surface area contributed by atoms with Gasteiger partial charge >= 0.3 is 5.97 Å². The smallest absolute Gasteiger partial charge is 0.328 e. The summed E-state index contributed by atoms with van der Waals surface area (Å²) in [6.07, 6.45) is 2.00. The van der Waals surface area contributed by atoms with Gasteiger partial charge < -0.3 is 68.4 Å². The molecule has 24 heteroatoms. The first kappa shape index (κ1) is 53.5. The predicted molar refractivity (Wildman–Crippen MR) is 223 cm³/mol. The van der Waals surface area contributed by atoms with Crippen LogP contribution in [0.5, 0.6) is 0 Å². The van der Waals surface area contributed by atoms with Gasteiger partial charge in [-0.15, -0.1) is 0 Å². The van der Waals surface area contributed by atoms with Gasteiger partial charge in [-0.05, 0) is 50.5 Å². The van der Waals surface area contributed by atoms with Crippen LogP contribution in [-0.2, 0) is 44.8 Å². The highest BCUT2D eigenvalue weighted by Gasteiger charge is 2.36. The zero-order valence-corrected chi connectivity index (χ0v) is 36.5. The summed E-state index contributed by atoms with van der Waals surface area (Å²) in [7, 11) is 0. The van der Waals surface area contributed by atoms with Gasteiger partial charge in [-0.2, -0.15) is 24.4 Å². The Labute approximate surface area is 358 Å². The minimum atomic E-state index is -1.76. The first-order valence-corrected chi connectivity index (χ1v) is 21.3.